The second-order valence-corrected chi connectivity index (χ2v) is 6.51. The minimum absolute atomic E-state index is 0.318. The molecular weight excluding hydrogens is 279 g/mol. The van der Waals surface area contributed by atoms with Gasteiger partial charge in [0.2, 0.25) is 0 Å². The molecule has 2 rings (SSSR count). The van der Waals surface area contributed by atoms with E-state index >= 15 is 0 Å². The molecule has 0 bridgehead atoms. The van der Waals surface area contributed by atoms with Crippen molar-refractivity contribution >= 4 is 23.2 Å². The maximum atomic E-state index is 6.19. The third-order valence-corrected chi connectivity index (χ3v) is 4.85. The first-order valence-corrected chi connectivity index (χ1v) is 7.61. The highest BCUT2D eigenvalue weighted by Crippen LogP contribution is 2.33. The molecule has 1 aliphatic carbocycles. The van der Waals surface area contributed by atoms with Crippen LogP contribution in [0.2, 0.25) is 10.0 Å². The molecule has 1 N–H and O–H groups in total. The van der Waals surface area contributed by atoms with E-state index in [2.05, 4.69) is 24.3 Å². The molecule has 1 aliphatic rings. The van der Waals surface area contributed by atoms with Gasteiger partial charge in [-0.2, -0.15) is 0 Å². The van der Waals surface area contributed by atoms with E-state index in [1.165, 1.54) is 25.7 Å². The molecule has 0 aliphatic heterocycles. The van der Waals surface area contributed by atoms with Crippen LogP contribution in [-0.2, 0) is 6.54 Å². The predicted octanol–water partition coefficient (Wildman–Crippen LogP) is 3.96. The fourth-order valence-electron chi connectivity index (χ4n) is 2.91. The zero-order valence-electron chi connectivity index (χ0n) is 11.7. The van der Waals surface area contributed by atoms with Gasteiger partial charge in [-0.1, -0.05) is 42.1 Å². The minimum atomic E-state index is 0.318. The molecule has 0 saturated heterocycles. The quantitative estimate of drug-likeness (QED) is 0.885. The number of rotatable bonds is 5. The van der Waals surface area contributed by atoms with Gasteiger partial charge in [-0.3, -0.25) is 0 Å². The largest absolute Gasteiger partial charge is 0.311 e. The summed E-state index contributed by atoms with van der Waals surface area (Å²) in [5, 5.41) is 4.99. The number of likely N-dealkylation sites (N-methyl/N-ethyl adjacent to an activating group) is 1. The Kier molecular flexibility index (Phi) is 5.13. The van der Waals surface area contributed by atoms with E-state index in [0.29, 0.717) is 10.6 Å². The SMILES string of the molecule is CN(C)C1(CNCc2ccc(Cl)cc2Cl)CCCC1. The van der Waals surface area contributed by atoms with E-state index in [1.807, 2.05) is 12.1 Å². The summed E-state index contributed by atoms with van der Waals surface area (Å²) in [5.74, 6) is 0. The molecule has 0 aromatic heterocycles. The van der Waals surface area contributed by atoms with Crippen molar-refractivity contribution in [2.24, 2.45) is 0 Å². The first-order valence-electron chi connectivity index (χ1n) is 6.86. The van der Waals surface area contributed by atoms with Gasteiger partial charge in [-0.25, -0.2) is 0 Å². The maximum absolute atomic E-state index is 6.19. The lowest BCUT2D eigenvalue weighted by Gasteiger charge is -2.36. The van der Waals surface area contributed by atoms with Crippen molar-refractivity contribution in [2.45, 2.75) is 37.8 Å². The standard InChI is InChI=1S/C15H22Cl2N2/c1-19(2)15(7-3-4-8-15)11-18-10-12-5-6-13(16)9-14(12)17/h5-6,9,18H,3-4,7-8,10-11H2,1-2H3. The molecule has 0 radical (unpaired) electrons. The van der Waals surface area contributed by atoms with Crippen LogP contribution >= 0.6 is 23.2 Å². The zero-order valence-corrected chi connectivity index (χ0v) is 13.2. The molecule has 0 spiro atoms. The topological polar surface area (TPSA) is 15.3 Å². The van der Waals surface area contributed by atoms with Crippen molar-refractivity contribution in [1.29, 1.82) is 0 Å². The number of benzene rings is 1. The Bertz CT molecular complexity index is 426. The van der Waals surface area contributed by atoms with Crippen molar-refractivity contribution in [2.75, 3.05) is 20.6 Å². The van der Waals surface area contributed by atoms with E-state index in [0.717, 1.165) is 23.7 Å². The van der Waals surface area contributed by atoms with Crippen molar-refractivity contribution in [3.05, 3.63) is 33.8 Å². The third kappa shape index (κ3) is 3.63. The Balaban J connectivity index is 1.92. The fourth-order valence-corrected chi connectivity index (χ4v) is 3.39. The fraction of sp³-hybridized carbons (Fsp3) is 0.600. The van der Waals surface area contributed by atoms with Gasteiger partial charge in [-0.05, 0) is 44.6 Å². The van der Waals surface area contributed by atoms with Crippen LogP contribution in [0, 0.1) is 0 Å². The van der Waals surface area contributed by atoms with Crippen LogP contribution in [0.3, 0.4) is 0 Å². The molecule has 2 nitrogen and oxygen atoms in total. The summed E-state index contributed by atoms with van der Waals surface area (Å²) in [6, 6.07) is 5.69. The average molecular weight is 301 g/mol. The summed E-state index contributed by atoms with van der Waals surface area (Å²) in [6.07, 6.45) is 5.23. The first kappa shape index (κ1) is 15.1. The summed E-state index contributed by atoms with van der Waals surface area (Å²) >= 11 is 12.1. The molecule has 1 aromatic rings. The number of hydrogen-bond donors (Lipinski definition) is 1. The van der Waals surface area contributed by atoms with Crippen LogP contribution in [-0.4, -0.2) is 31.1 Å². The van der Waals surface area contributed by atoms with Crippen LogP contribution in [0.4, 0.5) is 0 Å². The van der Waals surface area contributed by atoms with Gasteiger partial charge in [-0.15, -0.1) is 0 Å². The summed E-state index contributed by atoms with van der Waals surface area (Å²) in [5.41, 5.74) is 1.43. The van der Waals surface area contributed by atoms with E-state index in [1.54, 1.807) is 6.07 Å². The molecule has 4 heteroatoms. The highest BCUT2D eigenvalue weighted by atomic mass is 35.5. The van der Waals surface area contributed by atoms with Crippen molar-refractivity contribution in [1.82, 2.24) is 10.2 Å². The highest BCUT2D eigenvalue weighted by molar-refractivity contribution is 6.35. The third-order valence-electron chi connectivity index (χ3n) is 4.27. The lowest BCUT2D eigenvalue weighted by molar-refractivity contribution is 0.153. The molecule has 106 valence electrons. The van der Waals surface area contributed by atoms with Gasteiger partial charge < -0.3 is 10.2 Å². The zero-order chi connectivity index (χ0) is 13.9. The van der Waals surface area contributed by atoms with Gasteiger partial charge in [0.05, 0.1) is 0 Å². The number of nitrogens with one attached hydrogen (secondary N) is 1. The molecule has 0 amide bonds. The van der Waals surface area contributed by atoms with Gasteiger partial charge in [0, 0.05) is 28.7 Å². The van der Waals surface area contributed by atoms with Gasteiger partial charge >= 0.3 is 0 Å². The molecular formula is C15H22Cl2N2. The van der Waals surface area contributed by atoms with E-state index < -0.39 is 0 Å². The second kappa shape index (κ2) is 6.45. The van der Waals surface area contributed by atoms with E-state index in [9.17, 15) is 0 Å². The second-order valence-electron chi connectivity index (χ2n) is 5.67. The minimum Gasteiger partial charge on any atom is -0.311 e. The maximum Gasteiger partial charge on any atom is 0.0465 e. The number of halogens is 2. The van der Waals surface area contributed by atoms with Gasteiger partial charge in [0.15, 0.2) is 0 Å². The predicted molar refractivity (Wildman–Crippen MR) is 83.1 cm³/mol. The van der Waals surface area contributed by atoms with Crippen LogP contribution in [0.1, 0.15) is 31.2 Å². The highest BCUT2D eigenvalue weighted by Gasteiger charge is 2.35. The lowest BCUT2D eigenvalue weighted by atomic mass is 9.96. The van der Waals surface area contributed by atoms with Crippen LogP contribution in [0.5, 0.6) is 0 Å². The molecule has 1 fully saturated rings. The van der Waals surface area contributed by atoms with Crippen molar-refractivity contribution in [3.8, 4) is 0 Å². The Hall–Kier alpha value is -0.280. The Morgan fingerprint density at radius 3 is 2.47 bits per heavy atom. The molecule has 1 saturated carbocycles. The van der Waals surface area contributed by atoms with Gasteiger partial charge in [0.25, 0.3) is 0 Å². The van der Waals surface area contributed by atoms with Crippen LogP contribution in [0.25, 0.3) is 0 Å². The van der Waals surface area contributed by atoms with Gasteiger partial charge in [0.1, 0.15) is 0 Å². The molecule has 0 unspecified atom stereocenters. The molecule has 19 heavy (non-hydrogen) atoms. The molecule has 0 heterocycles. The summed E-state index contributed by atoms with van der Waals surface area (Å²) in [6.45, 7) is 1.81. The smallest absolute Gasteiger partial charge is 0.0465 e. The van der Waals surface area contributed by atoms with Crippen molar-refractivity contribution < 1.29 is 0 Å². The first-order chi connectivity index (χ1) is 9.03. The van der Waals surface area contributed by atoms with Crippen LogP contribution in [0.15, 0.2) is 18.2 Å². The summed E-state index contributed by atoms with van der Waals surface area (Å²) < 4.78 is 0. The normalized spacial score (nSPS) is 18.2. The Morgan fingerprint density at radius 1 is 1.21 bits per heavy atom. The van der Waals surface area contributed by atoms with E-state index in [-0.39, 0.29) is 0 Å². The molecule has 1 aromatic carbocycles. The number of hydrogen-bond acceptors (Lipinski definition) is 2. The van der Waals surface area contributed by atoms with Crippen LogP contribution < -0.4 is 5.32 Å². The summed E-state index contributed by atoms with van der Waals surface area (Å²) in [7, 11) is 4.37. The Morgan fingerprint density at radius 2 is 1.89 bits per heavy atom. The summed E-state index contributed by atoms with van der Waals surface area (Å²) in [4.78, 5) is 2.37. The monoisotopic (exact) mass is 300 g/mol. The lowest BCUT2D eigenvalue weighted by Crippen LogP contribution is -2.49. The number of nitrogens with zero attached hydrogens (tertiary/aromatic N) is 1. The van der Waals surface area contributed by atoms with Crippen molar-refractivity contribution in [3.63, 3.8) is 0 Å². The Labute approximate surface area is 126 Å². The van der Waals surface area contributed by atoms with E-state index in [4.69, 9.17) is 23.2 Å². The average Bonchev–Trinajstić information content (AvgIpc) is 2.82. The molecule has 0 atom stereocenters.